The van der Waals surface area contributed by atoms with Crippen molar-refractivity contribution >= 4 is 16.7 Å². The zero-order valence-corrected chi connectivity index (χ0v) is 16.2. The molecule has 1 heterocycles. The Morgan fingerprint density at radius 3 is 2.43 bits per heavy atom. The molecule has 3 aromatic rings. The number of carbonyl (C=O) groups excluding carboxylic acids is 1. The normalized spacial score (nSPS) is 16.0. The van der Waals surface area contributed by atoms with Crippen LogP contribution >= 0.6 is 0 Å². The molecule has 1 aliphatic carbocycles. The molecule has 1 fully saturated rings. The number of rotatable bonds is 5. The lowest BCUT2D eigenvalue weighted by Crippen LogP contribution is -2.25. The molecule has 3 heteroatoms. The molecule has 3 aromatic carbocycles. The van der Waals surface area contributed by atoms with Crippen LogP contribution in [0.5, 0.6) is 0 Å². The van der Waals surface area contributed by atoms with Crippen molar-refractivity contribution in [2.75, 3.05) is 13.1 Å². The van der Waals surface area contributed by atoms with Crippen molar-refractivity contribution in [2.24, 2.45) is 0 Å². The molecule has 2 aliphatic rings. The van der Waals surface area contributed by atoms with Gasteiger partial charge in [0.05, 0.1) is 0 Å². The van der Waals surface area contributed by atoms with Crippen LogP contribution in [-0.4, -0.2) is 23.9 Å². The van der Waals surface area contributed by atoms with Crippen LogP contribution in [0.25, 0.3) is 10.8 Å². The summed E-state index contributed by atoms with van der Waals surface area (Å²) >= 11 is 0. The molecule has 0 unspecified atom stereocenters. The molecule has 1 saturated heterocycles. The Morgan fingerprint density at radius 2 is 1.61 bits per heavy atom. The first-order valence-electron chi connectivity index (χ1n) is 10.4. The third-order valence-corrected chi connectivity index (χ3v) is 6.27. The van der Waals surface area contributed by atoms with Crippen molar-refractivity contribution < 1.29 is 4.79 Å². The van der Waals surface area contributed by atoms with Crippen LogP contribution in [0.15, 0.2) is 54.6 Å². The van der Waals surface area contributed by atoms with E-state index in [0.717, 1.165) is 30.3 Å². The largest absolute Gasteiger partial charge is 0.348 e. The summed E-state index contributed by atoms with van der Waals surface area (Å²) in [6, 6.07) is 19.0. The smallest absolute Gasteiger partial charge is 0.252 e. The Labute approximate surface area is 166 Å². The first kappa shape index (κ1) is 17.4. The van der Waals surface area contributed by atoms with Crippen molar-refractivity contribution in [3.63, 3.8) is 0 Å². The highest BCUT2D eigenvalue weighted by Gasteiger charge is 2.19. The van der Waals surface area contributed by atoms with Crippen LogP contribution in [0.4, 0.5) is 0 Å². The second-order valence-electron chi connectivity index (χ2n) is 8.05. The first-order chi connectivity index (χ1) is 13.8. The fourth-order valence-electron chi connectivity index (χ4n) is 4.78. The predicted molar refractivity (Wildman–Crippen MR) is 113 cm³/mol. The molecule has 5 rings (SSSR count). The van der Waals surface area contributed by atoms with Gasteiger partial charge in [-0.25, -0.2) is 0 Å². The molecule has 0 aromatic heterocycles. The van der Waals surface area contributed by atoms with Crippen molar-refractivity contribution in [2.45, 2.75) is 38.8 Å². The highest BCUT2D eigenvalue weighted by atomic mass is 16.1. The summed E-state index contributed by atoms with van der Waals surface area (Å²) in [6.45, 7) is 3.92. The van der Waals surface area contributed by atoms with Gasteiger partial charge < -0.3 is 5.32 Å². The minimum atomic E-state index is 0.0200. The molecule has 1 aliphatic heterocycles. The second kappa shape index (κ2) is 7.40. The fraction of sp³-hybridized carbons (Fsp3) is 0.320. The minimum absolute atomic E-state index is 0.0200. The van der Waals surface area contributed by atoms with E-state index >= 15 is 0 Å². The Balaban J connectivity index is 1.36. The lowest BCUT2D eigenvalue weighted by Gasteiger charge is -2.18. The Morgan fingerprint density at radius 1 is 0.857 bits per heavy atom. The molecular weight excluding hydrogens is 344 g/mol. The van der Waals surface area contributed by atoms with E-state index in [9.17, 15) is 4.79 Å². The molecule has 1 N–H and O–H groups in total. The van der Waals surface area contributed by atoms with Crippen molar-refractivity contribution in [1.82, 2.24) is 10.2 Å². The lowest BCUT2D eigenvalue weighted by molar-refractivity contribution is 0.0952. The van der Waals surface area contributed by atoms with E-state index in [1.54, 1.807) is 0 Å². The van der Waals surface area contributed by atoms with Gasteiger partial charge in [-0.05, 0) is 77.9 Å². The summed E-state index contributed by atoms with van der Waals surface area (Å²) in [5, 5.41) is 5.56. The fourth-order valence-corrected chi connectivity index (χ4v) is 4.78. The summed E-state index contributed by atoms with van der Waals surface area (Å²) in [6.07, 6.45) is 4.76. The zero-order chi connectivity index (χ0) is 18.9. The second-order valence-corrected chi connectivity index (χ2v) is 8.05. The van der Waals surface area contributed by atoms with Gasteiger partial charge in [-0.1, -0.05) is 48.5 Å². The molecule has 1 amide bonds. The standard InChI is InChI=1S/C25H26N2O/c28-25(23-13-12-19-11-10-18-8-5-9-22(23)24(18)19)26-16-20-6-1-2-7-21(20)17-27-14-3-4-15-27/h1-2,5-9,12-13H,3-4,10-11,14-17H2,(H,26,28). The average molecular weight is 370 g/mol. The Bertz CT molecular complexity index is 1020. The monoisotopic (exact) mass is 370 g/mol. The number of hydrogen-bond acceptors (Lipinski definition) is 2. The minimum Gasteiger partial charge on any atom is -0.348 e. The lowest BCUT2D eigenvalue weighted by atomic mass is 9.99. The van der Waals surface area contributed by atoms with Crippen molar-refractivity contribution in [3.8, 4) is 0 Å². The molecule has 0 saturated carbocycles. The number of aryl methyl sites for hydroxylation is 2. The van der Waals surface area contributed by atoms with Crippen molar-refractivity contribution in [1.29, 1.82) is 0 Å². The molecule has 0 radical (unpaired) electrons. The maximum Gasteiger partial charge on any atom is 0.252 e. The number of carbonyl (C=O) groups is 1. The Hall–Kier alpha value is -2.65. The van der Waals surface area contributed by atoms with E-state index < -0.39 is 0 Å². The highest BCUT2D eigenvalue weighted by Crippen LogP contribution is 2.32. The summed E-state index contributed by atoms with van der Waals surface area (Å²) in [4.78, 5) is 15.5. The average Bonchev–Trinajstić information content (AvgIpc) is 3.39. The van der Waals surface area contributed by atoms with Crippen molar-refractivity contribution in [3.05, 3.63) is 82.4 Å². The van der Waals surface area contributed by atoms with Crippen LogP contribution in [0.1, 0.15) is 45.5 Å². The van der Waals surface area contributed by atoms with Crippen LogP contribution in [0, 0.1) is 0 Å². The van der Waals surface area contributed by atoms with E-state index in [-0.39, 0.29) is 5.91 Å². The van der Waals surface area contributed by atoms with E-state index in [2.05, 4.69) is 58.7 Å². The summed E-state index contributed by atoms with van der Waals surface area (Å²) in [5.41, 5.74) is 6.08. The van der Waals surface area contributed by atoms with E-state index in [1.165, 1.54) is 53.6 Å². The van der Waals surface area contributed by atoms with Gasteiger partial charge in [0.2, 0.25) is 0 Å². The summed E-state index contributed by atoms with van der Waals surface area (Å²) in [5.74, 6) is 0.0200. The summed E-state index contributed by atoms with van der Waals surface area (Å²) in [7, 11) is 0. The topological polar surface area (TPSA) is 32.3 Å². The van der Waals surface area contributed by atoms with Gasteiger partial charge in [0.25, 0.3) is 5.91 Å². The van der Waals surface area contributed by atoms with Crippen LogP contribution < -0.4 is 5.32 Å². The van der Waals surface area contributed by atoms with Crippen LogP contribution in [0.2, 0.25) is 0 Å². The number of nitrogens with zero attached hydrogens (tertiary/aromatic N) is 1. The number of benzene rings is 3. The van der Waals surface area contributed by atoms with Gasteiger partial charge in [-0.15, -0.1) is 0 Å². The predicted octanol–water partition coefficient (Wildman–Crippen LogP) is 4.46. The van der Waals surface area contributed by atoms with Gasteiger partial charge in [0.1, 0.15) is 0 Å². The molecule has 28 heavy (non-hydrogen) atoms. The van der Waals surface area contributed by atoms with Gasteiger partial charge in [-0.2, -0.15) is 0 Å². The first-order valence-corrected chi connectivity index (χ1v) is 10.4. The zero-order valence-electron chi connectivity index (χ0n) is 16.2. The Kier molecular flexibility index (Phi) is 4.61. The number of nitrogens with one attached hydrogen (secondary N) is 1. The highest BCUT2D eigenvalue weighted by molar-refractivity contribution is 6.09. The number of amides is 1. The third-order valence-electron chi connectivity index (χ3n) is 6.27. The van der Waals surface area contributed by atoms with Crippen LogP contribution in [-0.2, 0) is 25.9 Å². The van der Waals surface area contributed by atoms with Gasteiger partial charge >= 0.3 is 0 Å². The maximum atomic E-state index is 13.0. The molecular formula is C25H26N2O. The SMILES string of the molecule is O=C(NCc1ccccc1CN1CCCC1)c1ccc2c3c(cccc13)CC2. The molecule has 142 valence electrons. The van der Waals surface area contributed by atoms with Gasteiger partial charge in [0.15, 0.2) is 0 Å². The van der Waals surface area contributed by atoms with Gasteiger partial charge in [-0.3, -0.25) is 9.69 Å². The number of likely N-dealkylation sites (tertiary alicyclic amines) is 1. The third kappa shape index (κ3) is 3.20. The number of hydrogen-bond donors (Lipinski definition) is 1. The van der Waals surface area contributed by atoms with E-state index in [0.29, 0.717) is 6.54 Å². The van der Waals surface area contributed by atoms with E-state index in [4.69, 9.17) is 0 Å². The molecule has 0 spiro atoms. The van der Waals surface area contributed by atoms with Crippen LogP contribution in [0.3, 0.4) is 0 Å². The molecule has 3 nitrogen and oxygen atoms in total. The van der Waals surface area contributed by atoms with E-state index in [1.807, 2.05) is 6.07 Å². The molecule has 0 bridgehead atoms. The quantitative estimate of drug-likeness (QED) is 0.719. The maximum absolute atomic E-state index is 13.0. The summed E-state index contributed by atoms with van der Waals surface area (Å²) < 4.78 is 0. The van der Waals surface area contributed by atoms with Gasteiger partial charge in [0, 0.05) is 18.7 Å². The molecule has 0 atom stereocenters.